The smallest absolute Gasteiger partial charge is 0.122 e. The maximum absolute atomic E-state index is 5.37. The van der Waals surface area contributed by atoms with Gasteiger partial charge in [0.1, 0.15) is 11.5 Å². The van der Waals surface area contributed by atoms with Crippen LogP contribution in [0.4, 0.5) is 0 Å². The van der Waals surface area contributed by atoms with E-state index in [9.17, 15) is 0 Å². The molecule has 2 aromatic rings. The molecule has 3 heteroatoms. The van der Waals surface area contributed by atoms with E-state index in [1.54, 1.807) is 13.4 Å². The molecular weight excluding hydrogens is 226 g/mol. The first-order valence-corrected chi connectivity index (χ1v) is 6.17. The number of nitrogens with one attached hydrogen (secondary N) is 1. The van der Waals surface area contributed by atoms with Crippen LogP contribution in [-0.2, 0) is 13.0 Å². The Balaban J connectivity index is 1.80. The second-order valence-electron chi connectivity index (χ2n) is 4.27. The summed E-state index contributed by atoms with van der Waals surface area (Å²) in [5.41, 5.74) is 2.42. The molecule has 1 heterocycles. The van der Waals surface area contributed by atoms with E-state index in [2.05, 4.69) is 18.3 Å². The summed E-state index contributed by atoms with van der Waals surface area (Å²) in [6, 6.07) is 10.1. The summed E-state index contributed by atoms with van der Waals surface area (Å²) in [6.07, 6.45) is 2.68. The van der Waals surface area contributed by atoms with Gasteiger partial charge in [0.15, 0.2) is 0 Å². The molecule has 3 nitrogen and oxygen atoms in total. The standard InChI is InChI=1S/C15H19NO2/c1-12-8-10-18-15(12)11-16-9-7-13-5-3-4-6-14(13)17-2/h3-6,8,10,16H,7,9,11H2,1-2H3. The summed E-state index contributed by atoms with van der Waals surface area (Å²) in [5.74, 6) is 1.96. The van der Waals surface area contributed by atoms with Crippen molar-refractivity contribution in [2.24, 2.45) is 0 Å². The van der Waals surface area contributed by atoms with Crippen LogP contribution in [0.15, 0.2) is 41.0 Å². The lowest BCUT2D eigenvalue weighted by molar-refractivity contribution is 0.408. The molecule has 1 N–H and O–H groups in total. The normalized spacial score (nSPS) is 10.6. The third-order valence-corrected chi connectivity index (χ3v) is 3.02. The highest BCUT2D eigenvalue weighted by atomic mass is 16.5. The first-order chi connectivity index (χ1) is 8.81. The van der Waals surface area contributed by atoms with Crippen molar-refractivity contribution in [3.63, 3.8) is 0 Å². The van der Waals surface area contributed by atoms with Crippen molar-refractivity contribution in [2.75, 3.05) is 13.7 Å². The summed E-state index contributed by atoms with van der Waals surface area (Å²) in [6.45, 7) is 3.73. The fourth-order valence-electron chi connectivity index (χ4n) is 1.92. The van der Waals surface area contributed by atoms with Gasteiger partial charge in [-0.15, -0.1) is 0 Å². The molecule has 0 aliphatic carbocycles. The predicted octanol–water partition coefficient (Wildman–Crippen LogP) is 2.93. The largest absolute Gasteiger partial charge is 0.496 e. The lowest BCUT2D eigenvalue weighted by atomic mass is 10.1. The van der Waals surface area contributed by atoms with E-state index in [4.69, 9.17) is 9.15 Å². The van der Waals surface area contributed by atoms with E-state index < -0.39 is 0 Å². The number of rotatable bonds is 6. The van der Waals surface area contributed by atoms with Gasteiger partial charge in [-0.2, -0.15) is 0 Å². The molecule has 0 amide bonds. The predicted molar refractivity (Wildman–Crippen MR) is 71.8 cm³/mol. The number of methoxy groups -OCH3 is 1. The zero-order valence-electron chi connectivity index (χ0n) is 10.9. The highest BCUT2D eigenvalue weighted by Gasteiger charge is 2.03. The average Bonchev–Trinajstić information content (AvgIpc) is 2.81. The molecule has 0 saturated carbocycles. The molecule has 1 aromatic heterocycles. The monoisotopic (exact) mass is 245 g/mol. The number of para-hydroxylation sites is 1. The minimum absolute atomic E-state index is 0.772. The topological polar surface area (TPSA) is 34.4 Å². The SMILES string of the molecule is COc1ccccc1CCNCc1occc1C. The summed E-state index contributed by atoms with van der Waals surface area (Å²) < 4.78 is 10.7. The Bertz CT molecular complexity index is 491. The van der Waals surface area contributed by atoms with E-state index in [1.807, 2.05) is 24.3 Å². The number of benzene rings is 1. The number of ether oxygens (including phenoxy) is 1. The van der Waals surface area contributed by atoms with Gasteiger partial charge in [0, 0.05) is 0 Å². The highest BCUT2D eigenvalue weighted by Crippen LogP contribution is 2.17. The molecule has 0 radical (unpaired) electrons. The Morgan fingerprint density at radius 1 is 1.22 bits per heavy atom. The van der Waals surface area contributed by atoms with Crippen LogP contribution in [0.3, 0.4) is 0 Å². The van der Waals surface area contributed by atoms with E-state index in [1.165, 1.54) is 11.1 Å². The quantitative estimate of drug-likeness (QED) is 0.795. The molecule has 0 bridgehead atoms. The molecule has 0 aliphatic rings. The Morgan fingerprint density at radius 2 is 2.06 bits per heavy atom. The molecule has 0 spiro atoms. The van der Waals surface area contributed by atoms with Gasteiger partial charge in [-0.25, -0.2) is 0 Å². The minimum atomic E-state index is 0.772. The first-order valence-electron chi connectivity index (χ1n) is 6.17. The van der Waals surface area contributed by atoms with Crippen LogP contribution in [0.1, 0.15) is 16.9 Å². The Labute approximate surface area is 108 Å². The summed E-state index contributed by atoms with van der Waals surface area (Å²) in [4.78, 5) is 0. The van der Waals surface area contributed by atoms with Crippen LogP contribution in [-0.4, -0.2) is 13.7 Å². The summed E-state index contributed by atoms with van der Waals surface area (Å²) >= 11 is 0. The van der Waals surface area contributed by atoms with Crippen LogP contribution in [0, 0.1) is 6.92 Å². The molecule has 0 aliphatic heterocycles. The van der Waals surface area contributed by atoms with Gasteiger partial charge >= 0.3 is 0 Å². The zero-order chi connectivity index (χ0) is 12.8. The molecule has 1 aromatic carbocycles. The second kappa shape index (κ2) is 6.26. The van der Waals surface area contributed by atoms with Crippen molar-refractivity contribution in [1.82, 2.24) is 5.32 Å². The van der Waals surface area contributed by atoms with Gasteiger partial charge in [-0.05, 0) is 43.1 Å². The lowest BCUT2D eigenvalue weighted by Gasteiger charge is -2.08. The summed E-state index contributed by atoms with van der Waals surface area (Å²) in [7, 11) is 1.71. The Morgan fingerprint density at radius 3 is 2.78 bits per heavy atom. The van der Waals surface area contributed by atoms with Crippen molar-refractivity contribution >= 4 is 0 Å². The van der Waals surface area contributed by atoms with E-state index in [0.717, 1.165) is 31.0 Å². The zero-order valence-corrected chi connectivity index (χ0v) is 10.9. The van der Waals surface area contributed by atoms with Gasteiger partial charge in [0.05, 0.1) is 19.9 Å². The Kier molecular flexibility index (Phi) is 4.42. The molecule has 18 heavy (non-hydrogen) atoms. The fraction of sp³-hybridized carbons (Fsp3) is 0.333. The summed E-state index contributed by atoms with van der Waals surface area (Å²) in [5, 5.41) is 3.38. The minimum Gasteiger partial charge on any atom is -0.496 e. The number of hydrogen-bond acceptors (Lipinski definition) is 3. The lowest BCUT2D eigenvalue weighted by Crippen LogP contribution is -2.17. The molecule has 96 valence electrons. The van der Waals surface area contributed by atoms with Crippen molar-refractivity contribution in [2.45, 2.75) is 19.9 Å². The molecule has 2 rings (SSSR count). The van der Waals surface area contributed by atoms with Crippen LogP contribution >= 0.6 is 0 Å². The second-order valence-corrected chi connectivity index (χ2v) is 4.27. The van der Waals surface area contributed by atoms with Gasteiger partial charge in [-0.1, -0.05) is 18.2 Å². The van der Waals surface area contributed by atoms with Crippen molar-refractivity contribution in [3.05, 3.63) is 53.5 Å². The van der Waals surface area contributed by atoms with E-state index >= 15 is 0 Å². The van der Waals surface area contributed by atoms with Crippen molar-refractivity contribution in [3.8, 4) is 5.75 Å². The van der Waals surface area contributed by atoms with E-state index in [0.29, 0.717) is 0 Å². The Hall–Kier alpha value is -1.74. The molecule has 0 unspecified atom stereocenters. The van der Waals surface area contributed by atoms with Gasteiger partial charge in [0.25, 0.3) is 0 Å². The average molecular weight is 245 g/mol. The van der Waals surface area contributed by atoms with Crippen LogP contribution in [0.25, 0.3) is 0 Å². The molecule has 0 saturated heterocycles. The van der Waals surface area contributed by atoms with Crippen LogP contribution in [0.5, 0.6) is 5.75 Å². The molecule has 0 fully saturated rings. The van der Waals surface area contributed by atoms with Crippen LogP contribution in [0.2, 0.25) is 0 Å². The number of furan rings is 1. The molecular formula is C15H19NO2. The fourth-order valence-corrected chi connectivity index (χ4v) is 1.92. The van der Waals surface area contributed by atoms with Crippen LogP contribution < -0.4 is 10.1 Å². The van der Waals surface area contributed by atoms with Crippen molar-refractivity contribution in [1.29, 1.82) is 0 Å². The van der Waals surface area contributed by atoms with E-state index in [-0.39, 0.29) is 0 Å². The first kappa shape index (κ1) is 12.7. The third kappa shape index (κ3) is 3.14. The van der Waals surface area contributed by atoms with Gasteiger partial charge in [-0.3, -0.25) is 0 Å². The number of hydrogen-bond donors (Lipinski definition) is 1. The number of aryl methyl sites for hydroxylation is 1. The highest BCUT2D eigenvalue weighted by molar-refractivity contribution is 5.33. The third-order valence-electron chi connectivity index (χ3n) is 3.02. The van der Waals surface area contributed by atoms with Gasteiger partial charge < -0.3 is 14.5 Å². The molecule has 0 atom stereocenters. The maximum Gasteiger partial charge on any atom is 0.122 e. The maximum atomic E-state index is 5.37. The van der Waals surface area contributed by atoms with Crippen molar-refractivity contribution < 1.29 is 9.15 Å². The van der Waals surface area contributed by atoms with Gasteiger partial charge in [0.2, 0.25) is 0 Å².